The first-order valence-corrected chi connectivity index (χ1v) is 3.56. The SMILES string of the molecule is C=CC/C=C\C=C/C(=C)C=C. The monoisotopic (exact) mass is 146 g/mol. The van der Waals surface area contributed by atoms with Gasteiger partial charge in [0.05, 0.1) is 0 Å². The summed E-state index contributed by atoms with van der Waals surface area (Å²) in [6.45, 7) is 10.9. The fraction of sp³-hybridized carbons (Fsp3) is 0.0909. The lowest BCUT2D eigenvalue weighted by Gasteiger charge is -1.82. The van der Waals surface area contributed by atoms with Crippen molar-refractivity contribution in [2.45, 2.75) is 6.42 Å². The molecule has 0 atom stereocenters. The van der Waals surface area contributed by atoms with Gasteiger partial charge in [0, 0.05) is 0 Å². The maximum absolute atomic E-state index is 3.73. The molecule has 0 saturated heterocycles. The molecule has 0 heteroatoms. The van der Waals surface area contributed by atoms with Crippen LogP contribution >= 0.6 is 0 Å². The number of hydrogen-bond acceptors (Lipinski definition) is 0. The predicted molar refractivity (Wildman–Crippen MR) is 52.4 cm³/mol. The highest BCUT2D eigenvalue weighted by Crippen LogP contribution is 1.93. The molecular weight excluding hydrogens is 132 g/mol. The van der Waals surface area contributed by atoms with Gasteiger partial charge in [-0.25, -0.2) is 0 Å². The van der Waals surface area contributed by atoms with Crippen molar-refractivity contribution in [2.24, 2.45) is 0 Å². The van der Waals surface area contributed by atoms with Crippen molar-refractivity contribution in [3.63, 3.8) is 0 Å². The van der Waals surface area contributed by atoms with Crippen LogP contribution in [0.25, 0.3) is 0 Å². The van der Waals surface area contributed by atoms with Crippen molar-refractivity contribution in [3.8, 4) is 0 Å². The normalized spacial score (nSPS) is 10.5. The zero-order valence-electron chi connectivity index (χ0n) is 6.79. The molecule has 0 aromatic rings. The van der Waals surface area contributed by atoms with Crippen LogP contribution in [0.4, 0.5) is 0 Å². The smallest absolute Gasteiger partial charge is 0.0169 e. The number of hydrogen-bond donors (Lipinski definition) is 0. The first kappa shape index (κ1) is 9.70. The summed E-state index contributed by atoms with van der Waals surface area (Å²) in [7, 11) is 0. The Balaban J connectivity index is 3.67. The molecule has 0 aliphatic rings. The van der Waals surface area contributed by atoms with E-state index in [9.17, 15) is 0 Å². The topological polar surface area (TPSA) is 0 Å². The van der Waals surface area contributed by atoms with E-state index in [1.165, 1.54) is 0 Å². The van der Waals surface area contributed by atoms with Gasteiger partial charge in [-0.05, 0) is 12.0 Å². The molecule has 0 nitrogen and oxygen atoms in total. The van der Waals surface area contributed by atoms with Crippen LogP contribution in [0.1, 0.15) is 6.42 Å². The van der Waals surface area contributed by atoms with Gasteiger partial charge in [0.25, 0.3) is 0 Å². The van der Waals surface area contributed by atoms with Gasteiger partial charge >= 0.3 is 0 Å². The van der Waals surface area contributed by atoms with E-state index in [1.807, 2.05) is 30.4 Å². The van der Waals surface area contributed by atoms with Gasteiger partial charge in [-0.2, -0.15) is 0 Å². The van der Waals surface area contributed by atoms with Gasteiger partial charge in [-0.1, -0.05) is 49.6 Å². The maximum Gasteiger partial charge on any atom is -0.0169 e. The minimum atomic E-state index is 0.908. The van der Waals surface area contributed by atoms with Crippen molar-refractivity contribution in [3.05, 3.63) is 61.8 Å². The Kier molecular flexibility index (Phi) is 6.01. The molecular formula is C11H14. The number of allylic oxidation sites excluding steroid dienone is 7. The third-order valence-corrected chi connectivity index (χ3v) is 1.12. The van der Waals surface area contributed by atoms with E-state index in [0.717, 1.165) is 12.0 Å². The average Bonchev–Trinajstić information content (AvgIpc) is 2.04. The molecule has 0 aromatic heterocycles. The largest absolute Gasteiger partial charge is 0.103 e. The molecule has 0 N–H and O–H groups in total. The Labute approximate surface area is 68.9 Å². The molecule has 0 saturated carbocycles. The van der Waals surface area contributed by atoms with E-state index >= 15 is 0 Å². The van der Waals surface area contributed by atoms with Crippen LogP contribution < -0.4 is 0 Å². The van der Waals surface area contributed by atoms with Crippen molar-refractivity contribution >= 4 is 0 Å². The van der Waals surface area contributed by atoms with E-state index in [0.29, 0.717) is 0 Å². The van der Waals surface area contributed by atoms with Crippen LogP contribution in [0.15, 0.2) is 61.8 Å². The van der Waals surface area contributed by atoms with E-state index in [2.05, 4.69) is 19.7 Å². The zero-order chi connectivity index (χ0) is 8.53. The Morgan fingerprint density at radius 2 is 1.91 bits per heavy atom. The average molecular weight is 146 g/mol. The van der Waals surface area contributed by atoms with Gasteiger partial charge in [0.2, 0.25) is 0 Å². The highest BCUT2D eigenvalue weighted by atomic mass is 13.8. The van der Waals surface area contributed by atoms with Gasteiger partial charge in [0.1, 0.15) is 0 Å². The van der Waals surface area contributed by atoms with Gasteiger partial charge in [0.15, 0.2) is 0 Å². The molecule has 0 rings (SSSR count). The van der Waals surface area contributed by atoms with Crippen LogP contribution in [0, 0.1) is 0 Å². The molecule has 0 heterocycles. The fourth-order valence-electron chi connectivity index (χ4n) is 0.501. The summed E-state index contributed by atoms with van der Waals surface area (Å²) in [4.78, 5) is 0. The van der Waals surface area contributed by atoms with E-state index in [4.69, 9.17) is 0 Å². The standard InChI is InChI=1S/C11H14/c1-4-6-7-8-9-10-11(3)5-2/h4-5,7-10H,1-3,6H2/b8-7-,10-9-. The summed E-state index contributed by atoms with van der Waals surface area (Å²) < 4.78 is 0. The molecule has 11 heavy (non-hydrogen) atoms. The first-order chi connectivity index (χ1) is 5.31. The zero-order valence-corrected chi connectivity index (χ0v) is 6.79. The molecule has 0 fully saturated rings. The van der Waals surface area contributed by atoms with Crippen molar-refractivity contribution in [1.29, 1.82) is 0 Å². The minimum absolute atomic E-state index is 0.908. The second kappa shape index (κ2) is 6.81. The summed E-state index contributed by atoms with van der Waals surface area (Å²) in [5, 5.41) is 0. The Morgan fingerprint density at radius 3 is 2.45 bits per heavy atom. The van der Waals surface area contributed by atoms with Gasteiger partial charge in [-0.3, -0.25) is 0 Å². The lowest BCUT2D eigenvalue weighted by atomic mass is 10.2. The Hall–Kier alpha value is -1.30. The number of rotatable bonds is 5. The molecule has 0 unspecified atom stereocenters. The van der Waals surface area contributed by atoms with Crippen LogP contribution in [0.5, 0.6) is 0 Å². The molecule has 0 aliphatic carbocycles. The van der Waals surface area contributed by atoms with E-state index < -0.39 is 0 Å². The van der Waals surface area contributed by atoms with Crippen molar-refractivity contribution < 1.29 is 0 Å². The highest BCUT2D eigenvalue weighted by Gasteiger charge is 1.72. The lowest BCUT2D eigenvalue weighted by Crippen LogP contribution is -1.61. The minimum Gasteiger partial charge on any atom is -0.103 e. The third kappa shape index (κ3) is 6.59. The molecule has 0 amide bonds. The predicted octanol–water partition coefficient (Wildman–Crippen LogP) is 3.42. The Morgan fingerprint density at radius 1 is 1.18 bits per heavy atom. The quantitative estimate of drug-likeness (QED) is 0.412. The molecule has 0 bridgehead atoms. The van der Waals surface area contributed by atoms with E-state index in [-0.39, 0.29) is 0 Å². The first-order valence-electron chi connectivity index (χ1n) is 3.56. The molecule has 0 aromatic carbocycles. The second-order valence-electron chi connectivity index (χ2n) is 2.09. The van der Waals surface area contributed by atoms with E-state index in [1.54, 1.807) is 6.08 Å². The highest BCUT2D eigenvalue weighted by molar-refractivity contribution is 5.27. The molecule has 0 radical (unpaired) electrons. The van der Waals surface area contributed by atoms with Crippen LogP contribution in [0.2, 0.25) is 0 Å². The fourth-order valence-corrected chi connectivity index (χ4v) is 0.501. The third-order valence-electron chi connectivity index (χ3n) is 1.12. The summed E-state index contributed by atoms with van der Waals surface area (Å²) in [6, 6.07) is 0. The summed E-state index contributed by atoms with van der Waals surface area (Å²) >= 11 is 0. The van der Waals surface area contributed by atoms with Crippen LogP contribution in [-0.4, -0.2) is 0 Å². The van der Waals surface area contributed by atoms with Gasteiger partial charge < -0.3 is 0 Å². The van der Waals surface area contributed by atoms with Crippen LogP contribution in [-0.2, 0) is 0 Å². The second-order valence-corrected chi connectivity index (χ2v) is 2.09. The summed E-state index contributed by atoms with van der Waals surface area (Å²) in [5.74, 6) is 0. The molecule has 58 valence electrons. The Bertz CT molecular complexity index is 192. The molecule has 0 aliphatic heterocycles. The van der Waals surface area contributed by atoms with Gasteiger partial charge in [-0.15, -0.1) is 6.58 Å². The maximum atomic E-state index is 3.73. The lowest BCUT2D eigenvalue weighted by molar-refractivity contribution is 1.41. The van der Waals surface area contributed by atoms with Crippen molar-refractivity contribution in [1.82, 2.24) is 0 Å². The molecule has 0 spiro atoms. The summed E-state index contributed by atoms with van der Waals surface area (Å²) in [6.07, 6.45) is 12.3. The van der Waals surface area contributed by atoms with Crippen LogP contribution in [0.3, 0.4) is 0 Å². The van der Waals surface area contributed by atoms with Crippen molar-refractivity contribution in [2.75, 3.05) is 0 Å². The summed E-state index contributed by atoms with van der Waals surface area (Å²) in [5.41, 5.74) is 0.924.